The number of nitrogens with zero attached hydrogens (tertiary/aromatic N) is 3. The largest absolute Gasteiger partial charge is 0.479 e. The second kappa shape index (κ2) is 20.6. The second-order valence-electron chi connectivity index (χ2n) is 12.3. The highest BCUT2D eigenvalue weighted by Crippen LogP contribution is 2.28. The summed E-state index contributed by atoms with van der Waals surface area (Å²) in [4.78, 5) is 36.0. The summed E-state index contributed by atoms with van der Waals surface area (Å²) in [5.74, 6) is -2.79. The lowest BCUT2D eigenvalue weighted by atomic mass is 9.99. The summed E-state index contributed by atoms with van der Waals surface area (Å²) in [6.45, 7) is 7.90. The number of aryl methyl sites for hydroxylation is 1. The van der Waals surface area contributed by atoms with Gasteiger partial charge in [-0.05, 0) is 70.1 Å². The lowest BCUT2D eigenvalue weighted by Gasteiger charge is -2.38. The average Bonchev–Trinajstić information content (AvgIpc) is 3.53. The third-order valence-electron chi connectivity index (χ3n) is 7.92. The van der Waals surface area contributed by atoms with Crippen LogP contribution in [0, 0.1) is 0 Å². The van der Waals surface area contributed by atoms with Crippen LogP contribution >= 0.6 is 0 Å². The fourth-order valence-corrected chi connectivity index (χ4v) is 5.19. The SMILES string of the molecule is BC(=O)OCc1ccc(O[C@@H]2O[C@H](C(=O)O)[C@@H](O)[C@H](O)[C@H]2O)c(C(=O)NCCCOCc2cn(CCC/C(C)=C/CC/C(C)=C/CC)nn2)c1. The molecule has 1 aromatic carbocycles. The van der Waals surface area contributed by atoms with Crippen molar-refractivity contribution in [3.05, 3.63) is 64.5 Å². The number of ether oxygens (including phenoxy) is 4. The highest BCUT2D eigenvalue weighted by Gasteiger charge is 2.48. The van der Waals surface area contributed by atoms with Gasteiger partial charge in [-0.15, -0.1) is 5.10 Å². The van der Waals surface area contributed by atoms with Crippen molar-refractivity contribution < 1.29 is 53.8 Å². The van der Waals surface area contributed by atoms with Crippen molar-refractivity contribution >= 4 is 25.6 Å². The van der Waals surface area contributed by atoms with E-state index in [4.69, 9.17) is 18.9 Å². The molecule has 1 aliphatic rings. The van der Waals surface area contributed by atoms with Gasteiger partial charge in [-0.2, -0.15) is 0 Å². The maximum atomic E-state index is 13.2. The van der Waals surface area contributed by atoms with Gasteiger partial charge in [0.25, 0.3) is 5.91 Å². The Morgan fingerprint density at radius 1 is 1.04 bits per heavy atom. The minimum absolute atomic E-state index is 0.0274. The Balaban J connectivity index is 1.47. The minimum atomic E-state index is -1.90. The predicted molar refractivity (Wildman–Crippen MR) is 183 cm³/mol. The lowest BCUT2D eigenvalue weighted by Crippen LogP contribution is -2.61. The topological polar surface area (TPSA) is 212 Å². The number of carboxylic acids is 1. The first-order valence-electron chi connectivity index (χ1n) is 16.8. The molecule has 15 nitrogen and oxygen atoms in total. The van der Waals surface area contributed by atoms with Crippen molar-refractivity contribution in [2.45, 2.75) is 110 Å². The summed E-state index contributed by atoms with van der Waals surface area (Å²) in [5.41, 5.74) is 3.92. The molecular weight excluding hydrogens is 651 g/mol. The molecule has 0 unspecified atom stereocenters. The number of carboxylic acid groups (broad SMARTS) is 1. The quantitative estimate of drug-likeness (QED) is 0.0761. The van der Waals surface area contributed by atoms with Gasteiger partial charge in [-0.25, -0.2) is 4.79 Å². The normalized spacial score (nSPS) is 21.1. The molecular formula is C34H49BN4O11. The molecule has 3 rings (SSSR count). The first-order valence-corrected chi connectivity index (χ1v) is 16.8. The molecule has 50 heavy (non-hydrogen) atoms. The molecule has 2 heterocycles. The number of hydrogen-bond acceptors (Lipinski definition) is 12. The number of aromatic nitrogens is 3. The maximum Gasteiger partial charge on any atom is 0.335 e. The molecule has 5 N–H and O–H groups in total. The summed E-state index contributed by atoms with van der Waals surface area (Å²) in [6.07, 6.45) is 2.83. The van der Waals surface area contributed by atoms with E-state index in [1.54, 1.807) is 4.68 Å². The van der Waals surface area contributed by atoms with E-state index in [1.165, 1.54) is 37.2 Å². The molecule has 274 valence electrons. The highest BCUT2D eigenvalue weighted by atomic mass is 16.7. The molecule has 1 fully saturated rings. The van der Waals surface area contributed by atoms with Crippen molar-refractivity contribution in [1.82, 2.24) is 20.3 Å². The molecule has 1 saturated heterocycles. The Morgan fingerprint density at radius 3 is 2.52 bits per heavy atom. The standard InChI is InChI=1S/C34H49BN4O11/c1-4-8-21(2)9-5-10-22(3)11-6-15-39-18-24(37-38-39)20-47-16-7-14-36-31(43)25-17-23(19-48-34(35)46)12-13-26(25)49-33-29(42)27(40)28(41)30(50-33)32(44)45/h8,10,12-13,17-18,27-30,33,40-42H,4-7,9,11,14-16,19-20,35H2,1-3H3,(H,36,43)(H,44,45)/b21-8+,22-10+/t27-,28-,29+,30-,33+/m0/s1. The fraction of sp³-hybridized carbons (Fsp3) is 0.559. The third kappa shape index (κ3) is 13.0. The molecule has 16 heteroatoms. The fourth-order valence-electron chi connectivity index (χ4n) is 5.19. The molecule has 1 amide bonds. The Morgan fingerprint density at radius 2 is 1.80 bits per heavy atom. The Hall–Kier alpha value is -4.09. The van der Waals surface area contributed by atoms with Crippen LogP contribution in [-0.2, 0) is 38.8 Å². The minimum Gasteiger partial charge on any atom is -0.479 e. The lowest BCUT2D eigenvalue weighted by molar-refractivity contribution is -0.271. The molecule has 2 aromatic rings. The van der Waals surface area contributed by atoms with Gasteiger partial charge in [-0.3, -0.25) is 14.3 Å². The van der Waals surface area contributed by atoms with Gasteiger partial charge in [0.05, 0.1) is 18.4 Å². The molecule has 0 saturated carbocycles. The van der Waals surface area contributed by atoms with Crippen molar-refractivity contribution in [2.24, 2.45) is 0 Å². The van der Waals surface area contributed by atoms with E-state index in [1.807, 2.05) is 6.20 Å². The van der Waals surface area contributed by atoms with Gasteiger partial charge in [0.15, 0.2) is 6.10 Å². The number of nitrogens with one attached hydrogen (secondary N) is 1. The Labute approximate surface area is 292 Å². The van der Waals surface area contributed by atoms with Crippen LogP contribution in [0.2, 0.25) is 0 Å². The van der Waals surface area contributed by atoms with Gasteiger partial charge in [0.1, 0.15) is 36.4 Å². The first-order chi connectivity index (χ1) is 23.9. The molecule has 5 atom stereocenters. The van der Waals surface area contributed by atoms with Crippen molar-refractivity contribution in [2.75, 3.05) is 13.2 Å². The number of hydrogen-bond donors (Lipinski definition) is 5. The number of allylic oxidation sites excluding steroid dienone is 4. The van der Waals surface area contributed by atoms with Crippen LogP contribution in [0.4, 0.5) is 4.79 Å². The van der Waals surface area contributed by atoms with E-state index in [0.717, 1.165) is 38.6 Å². The van der Waals surface area contributed by atoms with Gasteiger partial charge in [0, 0.05) is 19.7 Å². The van der Waals surface area contributed by atoms with Gasteiger partial charge in [-0.1, -0.05) is 41.5 Å². The number of aliphatic hydroxyl groups excluding tert-OH is 3. The molecule has 0 radical (unpaired) electrons. The van der Waals surface area contributed by atoms with E-state index in [2.05, 4.69) is 48.6 Å². The second-order valence-corrected chi connectivity index (χ2v) is 12.3. The van der Waals surface area contributed by atoms with E-state index >= 15 is 0 Å². The van der Waals surface area contributed by atoms with Crippen molar-refractivity contribution in [1.29, 1.82) is 0 Å². The van der Waals surface area contributed by atoms with Crippen LogP contribution < -0.4 is 10.1 Å². The summed E-state index contributed by atoms with van der Waals surface area (Å²) < 4.78 is 23.4. The van der Waals surface area contributed by atoms with Gasteiger partial charge in [0.2, 0.25) is 20.0 Å². The summed E-state index contributed by atoms with van der Waals surface area (Å²) in [5, 5.41) is 50.9. The summed E-state index contributed by atoms with van der Waals surface area (Å²) >= 11 is 0. The molecule has 1 aromatic heterocycles. The zero-order valence-electron chi connectivity index (χ0n) is 29.1. The zero-order chi connectivity index (χ0) is 36.6. The third-order valence-corrected chi connectivity index (χ3v) is 7.92. The van der Waals surface area contributed by atoms with E-state index < -0.39 is 48.5 Å². The Bertz CT molecular complexity index is 1480. The number of aliphatic carboxylic acids is 1. The van der Waals surface area contributed by atoms with Gasteiger partial charge >= 0.3 is 5.97 Å². The number of carbonyl (C=O) groups is 3. The summed E-state index contributed by atoms with van der Waals surface area (Å²) in [6, 6.07) is 4.27. The van der Waals surface area contributed by atoms with Crippen LogP contribution in [0.15, 0.2) is 47.7 Å². The number of carbonyl (C=O) groups excluding carboxylic acids is 2. The molecule has 0 aliphatic carbocycles. The molecule has 0 bridgehead atoms. The smallest absolute Gasteiger partial charge is 0.335 e. The monoisotopic (exact) mass is 700 g/mol. The van der Waals surface area contributed by atoms with E-state index in [-0.39, 0.29) is 31.1 Å². The van der Waals surface area contributed by atoms with Gasteiger partial charge < -0.3 is 44.7 Å². The number of aliphatic hydroxyl groups is 3. The van der Waals surface area contributed by atoms with Crippen LogP contribution in [0.3, 0.4) is 0 Å². The first kappa shape index (κ1) is 40.3. The number of amides is 1. The molecule has 1 aliphatic heterocycles. The van der Waals surface area contributed by atoms with E-state index in [0.29, 0.717) is 24.3 Å². The van der Waals surface area contributed by atoms with Crippen LogP contribution in [-0.4, -0.2) is 105 Å². The van der Waals surface area contributed by atoms with Crippen LogP contribution in [0.1, 0.15) is 80.9 Å². The van der Waals surface area contributed by atoms with Crippen molar-refractivity contribution in [3.8, 4) is 5.75 Å². The molecule has 0 spiro atoms. The predicted octanol–water partition coefficient (Wildman–Crippen LogP) is 2.02. The van der Waals surface area contributed by atoms with Crippen LogP contribution in [0.25, 0.3) is 0 Å². The summed E-state index contributed by atoms with van der Waals surface area (Å²) in [7, 11) is 1.24. The van der Waals surface area contributed by atoms with Crippen molar-refractivity contribution in [3.63, 3.8) is 0 Å². The van der Waals surface area contributed by atoms with Crippen LogP contribution in [0.5, 0.6) is 5.75 Å². The zero-order valence-corrected chi connectivity index (χ0v) is 29.1. The number of benzene rings is 1. The average molecular weight is 701 g/mol. The van der Waals surface area contributed by atoms with E-state index in [9.17, 15) is 34.8 Å². The maximum absolute atomic E-state index is 13.2. The highest BCUT2D eigenvalue weighted by molar-refractivity contribution is 6.55. The number of rotatable bonds is 20. The Kier molecular flexibility index (Phi) is 16.6.